The van der Waals surface area contributed by atoms with Gasteiger partial charge in [0.1, 0.15) is 5.75 Å². The number of ether oxygens (including phenoxy) is 1. The zero-order valence-electron chi connectivity index (χ0n) is 12.9. The first kappa shape index (κ1) is 15.3. The van der Waals surface area contributed by atoms with Crippen LogP contribution >= 0.6 is 11.3 Å². The van der Waals surface area contributed by atoms with E-state index in [4.69, 9.17) is 4.74 Å². The van der Waals surface area contributed by atoms with E-state index in [2.05, 4.69) is 21.7 Å². The lowest BCUT2D eigenvalue weighted by Gasteiger charge is -2.07. The fourth-order valence-electron chi connectivity index (χ4n) is 2.15. The fraction of sp³-hybridized carbons (Fsp3) is 0.176. The Balaban J connectivity index is 1.65. The quantitative estimate of drug-likeness (QED) is 0.733. The molecule has 0 aliphatic rings. The number of benzene rings is 2. The van der Waals surface area contributed by atoms with Crippen molar-refractivity contribution in [1.29, 1.82) is 0 Å². The van der Waals surface area contributed by atoms with Gasteiger partial charge in [-0.05, 0) is 55.8 Å². The van der Waals surface area contributed by atoms with E-state index in [-0.39, 0.29) is 6.03 Å². The highest BCUT2D eigenvalue weighted by molar-refractivity contribution is 7.22. The van der Waals surface area contributed by atoms with Crippen molar-refractivity contribution >= 4 is 38.4 Å². The molecular formula is C17H17N3O2S. The smallest absolute Gasteiger partial charge is 0.325 e. The molecular weight excluding hydrogens is 310 g/mol. The van der Waals surface area contributed by atoms with Gasteiger partial charge in [-0.2, -0.15) is 0 Å². The highest BCUT2D eigenvalue weighted by Gasteiger charge is 2.08. The van der Waals surface area contributed by atoms with Crippen LogP contribution in [0.2, 0.25) is 0 Å². The van der Waals surface area contributed by atoms with Crippen LogP contribution in [0.1, 0.15) is 12.5 Å². The Hall–Kier alpha value is -2.60. The summed E-state index contributed by atoms with van der Waals surface area (Å²) in [6.45, 7) is 4.58. The first-order valence-corrected chi connectivity index (χ1v) is 8.14. The van der Waals surface area contributed by atoms with Crippen LogP contribution in [0.5, 0.6) is 5.75 Å². The summed E-state index contributed by atoms with van der Waals surface area (Å²) >= 11 is 1.46. The first-order valence-electron chi connectivity index (χ1n) is 7.32. The largest absolute Gasteiger partial charge is 0.494 e. The van der Waals surface area contributed by atoms with E-state index in [1.165, 1.54) is 16.9 Å². The minimum absolute atomic E-state index is 0.315. The van der Waals surface area contributed by atoms with Crippen molar-refractivity contribution in [2.24, 2.45) is 0 Å². The summed E-state index contributed by atoms with van der Waals surface area (Å²) in [5, 5.41) is 6.12. The van der Waals surface area contributed by atoms with Crippen LogP contribution in [0, 0.1) is 6.92 Å². The predicted octanol–water partition coefficient (Wildman–Crippen LogP) is 4.65. The van der Waals surface area contributed by atoms with Crippen molar-refractivity contribution in [1.82, 2.24) is 4.98 Å². The third-order valence-corrected chi connectivity index (χ3v) is 4.12. The SMILES string of the molecule is CCOc1ccc(NC(=O)Nc2nc3ccc(C)cc3s2)cc1. The number of thiazole rings is 1. The zero-order chi connectivity index (χ0) is 16.2. The highest BCUT2D eigenvalue weighted by atomic mass is 32.1. The lowest BCUT2D eigenvalue weighted by Crippen LogP contribution is -2.19. The summed E-state index contributed by atoms with van der Waals surface area (Å²) in [6.07, 6.45) is 0. The fourth-order valence-corrected chi connectivity index (χ4v) is 3.11. The summed E-state index contributed by atoms with van der Waals surface area (Å²) in [6, 6.07) is 12.9. The first-order chi connectivity index (χ1) is 11.1. The predicted molar refractivity (Wildman–Crippen MR) is 94.6 cm³/mol. The van der Waals surface area contributed by atoms with Gasteiger partial charge in [0.2, 0.25) is 0 Å². The van der Waals surface area contributed by atoms with Gasteiger partial charge in [0.15, 0.2) is 5.13 Å². The summed E-state index contributed by atoms with van der Waals surface area (Å²) in [7, 11) is 0. The van der Waals surface area contributed by atoms with Gasteiger partial charge in [-0.3, -0.25) is 5.32 Å². The molecule has 0 aliphatic heterocycles. The van der Waals surface area contributed by atoms with Crippen LogP contribution in [0.3, 0.4) is 0 Å². The molecule has 23 heavy (non-hydrogen) atoms. The van der Waals surface area contributed by atoms with Crippen molar-refractivity contribution in [3.8, 4) is 5.75 Å². The van der Waals surface area contributed by atoms with E-state index in [0.29, 0.717) is 17.4 Å². The van der Waals surface area contributed by atoms with Crippen LogP contribution in [0.4, 0.5) is 15.6 Å². The van der Waals surface area contributed by atoms with Gasteiger partial charge in [-0.25, -0.2) is 9.78 Å². The van der Waals surface area contributed by atoms with Gasteiger partial charge < -0.3 is 10.1 Å². The molecule has 0 fully saturated rings. The lowest BCUT2D eigenvalue weighted by molar-refractivity contribution is 0.262. The number of amides is 2. The van der Waals surface area contributed by atoms with E-state index in [1.54, 1.807) is 12.1 Å². The second-order valence-electron chi connectivity index (χ2n) is 5.03. The normalized spacial score (nSPS) is 10.5. The van der Waals surface area contributed by atoms with Crippen molar-refractivity contribution in [2.45, 2.75) is 13.8 Å². The molecule has 6 heteroatoms. The summed E-state index contributed by atoms with van der Waals surface area (Å²) in [5.41, 5.74) is 2.76. The van der Waals surface area contributed by atoms with Crippen LogP contribution in [-0.4, -0.2) is 17.6 Å². The average molecular weight is 327 g/mol. The molecule has 0 radical (unpaired) electrons. The topological polar surface area (TPSA) is 63.2 Å². The number of rotatable bonds is 4. The molecule has 0 saturated heterocycles. The zero-order valence-corrected chi connectivity index (χ0v) is 13.7. The van der Waals surface area contributed by atoms with Crippen molar-refractivity contribution in [3.05, 3.63) is 48.0 Å². The molecule has 118 valence electrons. The van der Waals surface area contributed by atoms with Crippen LogP contribution in [-0.2, 0) is 0 Å². The van der Waals surface area contributed by atoms with Crippen LogP contribution < -0.4 is 15.4 Å². The number of carbonyl (C=O) groups excluding carboxylic acids is 1. The van der Waals surface area contributed by atoms with E-state index >= 15 is 0 Å². The van der Waals surface area contributed by atoms with Gasteiger partial charge in [0.25, 0.3) is 0 Å². The molecule has 2 aromatic carbocycles. The molecule has 5 nitrogen and oxygen atoms in total. The van der Waals surface area contributed by atoms with Crippen molar-refractivity contribution in [2.75, 3.05) is 17.2 Å². The van der Waals surface area contributed by atoms with Gasteiger partial charge in [0.05, 0.1) is 16.8 Å². The number of aromatic nitrogens is 1. The van der Waals surface area contributed by atoms with Crippen LogP contribution in [0.15, 0.2) is 42.5 Å². The number of fused-ring (bicyclic) bond motifs is 1. The molecule has 1 aromatic heterocycles. The molecule has 2 N–H and O–H groups in total. The summed E-state index contributed by atoms with van der Waals surface area (Å²) < 4.78 is 6.42. The molecule has 1 heterocycles. The Morgan fingerprint density at radius 2 is 1.96 bits per heavy atom. The number of anilines is 2. The minimum atomic E-state index is -0.315. The van der Waals surface area contributed by atoms with Gasteiger partial charge in [-0.1, -0.05) is 17.4 Å². The maximum atomic E-state index is 12.0. The molecule has 0 unspecified atom stereocenters. The Kier molecular flexibility index (Phi) is 4.43. The molecule has 0 atom stereocenters. The number of nitrogens with zero attached hydrogens (tertiary/aromatic N) is 1. The van der Waals surface area contributed by atoms with Gasteiger partial charge in [0, 0.05) is 5.69 Å². The van der Waals surface area contributed by atoms with E-state index in [9.17, 15) is 4.79 Å². The Bertz CT molecular complexity index is 827. The second kappa shape index (κ2) is 6.66. The number of nitrogens with one attached hydrogen (secondary N) is 2. The van der Waals surface area contributed by atoms with Gasteiger partial charge in [-0.15, -0.1) is 0 Å². The third-order valence-electron chi connectivity index (χ3n) is 3.19. The summed E-state index contributed by atoms with van der Waals surface area (Å²) in [5.74, 6) is 0.778. The highest BCUT2D eigenvalue weighted by Crippen LogP contribution is 2.26. The maximum Gasteiger partial charge on any atom is 0.325 e. The molecule has 0 saturated carbocycles. The number of urea groups is 1. The number of hydrogen-bond donors (Lipinski definition) is 2. The van der Waals surface area contributed by atoms with Crippen LogP contribution in [0.25, 0.3) is 10.2 Å². The van der Waals surface area contributed by atoms with E-state index in [1.807, 2.05) is 38.1 Å². The van der Waals surface area contributed by atoms with E-state index < -0.39 is 0 Å². The second-order valence-corrected chi connectivity index (χ2v) is 6.06. The molecule has 3 rings (SSSR count). The minimum Gasteiger partial charge on any atom is -0.494 e. The number of hydrogen-bond acceptors (Lipinski definition) is 4. The van der Waals surface area contributed by atoms with E-state index in [0.717, 1.165) is 16.0 Å². The van der Waals surface area contributed by atoms with Gasteiger partial charge >= 0.3 is 6.03 Å². The molecule has 3 aromatic rings. The Morgan fingerprint density at radius 1 is 1.17 bits per heavy atom. The monoisotopic (exact) mass is 327 g/mol. The standard InChI is InChI=1S/C17H17N3O2S/c1-3-22-13-7-5-12(6-8-13)18-16(21)20-17-19-14-9-4-11(2)10-15(14)23-17/h4-10H,3H2,1-2H3,(H2,18,19,20,21). The molecule has 0 aliphatic carbocycles. The maximum absolute atomic E-state index is 12.0. The summed E-state index contributed by atoms with van der Waals surface area (Å²) in [4.78, 5) is 16.4. The molecule has 0 spiro atoms. The van der Waals surface area contributed by atoms with Crippen molar-refractivity contribution < 1.29 is 9.53 Å². The third kappa shape index (κ3) is 3.78. The number of aryl methyl sites for hydroxylation is 1. The number of carbonyl (C=O) groups is 1. The average Bonchev–Trinajstić information content (AvgIpc) is 2.90. The molecule has 0 bridgehead atoms. The Morgan fingerprint density at radius 3 is 2.70 bits per heavy atom. The van der Waals surface area contributed by atoms with Crippen molar-refractivity contribution in [3.63, 3.8) is 0 Å². The Labute approximate surface area is 138 Å². The lowest BCUT2D eigenvalue weighted by atomic mass is 10.2. The molecule has 2 amide bonds.